The molecule has 6 nitrogen and oxygen atoms in total. The fourth-order valence-corrected chi connectivity index (χ4v) is 9.70. The van der Waals surface area contributed by atoms with Crippen molar-refractivity contribution in [2.45, 2.75) is 118 Å². The molecule has 0 amide bonds. The van der Waals surface area contributed by atoms with E-state index in [0.717, 1.165) is 25.7 Å². The molecule has 0 bridgehead atoms. The molecule has 4 aliphatic rings. The third-order valence-corrected chi connectivity index (χ3v) is 15.8. The van der Waals surface area contributed by atoms with Crippen molar-refractivity contribution in [1.82, 2.24) is 0 Å². The Kier molecular flexibility index (Phi) is 8.22. The number of allylic oxidation sites excluding steroid dienone is 1. The lowest BCUT2D eigenvalue weighted by atomic mass is 9.46. The summed E-state index contributed by atoms with van der Waals surface area (Å²) < 4.78 is 25.3. The van der Waals surface area contributed by atoms with E-state index in [9.17, 15) is 9.59 Å². The number of fused-ring (bicyclic) bond motifs is 2. The number of carbonyl (C=O) groups excluding carboxylic acids is 2. The van der Waals surface area contributed by atoms with E-state index >= 15 is 0 Å². The fourth-order valence-electron chi connectivity index (χ4n) is 8.26. The van der Waals surface area contributed by atoms with Gasteiger partial charge in [0.25, 0.3) is 0 Å². The van der Waals surface area contributed by atoms with Crippen molar-refractivity contribution in [3.63, 3.8) is 0 Å². The molecule has 38 heavy (non-hydrogen) atoms. The minimum absolute atomic E-state index is 0.00394. The van der Waals surface area contributed by atoms with Gasteiger partial charge in [-0.2, -0.15) is 0 Å². The molecule has 0 aromatic heterocycles. The van der Waals surface area contributed by atoms with Crippen LogP contribution in [0, 0.1) is 40.9 Å². The van der Waals surface area contributed by atoms with Crippen molar-refractivity contribution in [1.29, 1.82) is 0 Å². The topological polar surface area (TPSA) is 71.1 Å². The zero-order valence-electron chi connectivity index (χ0n) is 25.7. The van der Waals surface area contributed by atoms with Gasteiger partial charge in [-0.1, -0.05) is 47.1 Å². The van der Waals surface area contributed by atoms with E-state index in [0.29, 0.717) is 6.61 Å². The van der Waals surface area contributed by atoms with Crippen LogP contribution >= 0.6 is 0 Å². The smallest absolute Gasteiger partial charge is 0.311 e. The SMILES string of the molecule is CCO[C@@H]1C[C@H]2C3=C(C[C@H](C(C)=O)[C@@H]2C)[C@@]2(C)CC[C@H](O[Si](C)(C)C(C)(C)C)[C@@H](C)[C@@H]2[C@@H](C(=O)OC)[C@H]3O1. The number of ether oxygens (including phenoxy) is 3. The van der Waals surface area contributed by atoms with Gasteiger partial charge in [0.2, 0.25) is 0 Å². The number of rotatable bonds is 6. The molecule has 1 aliphatic heterocycles. The van der Waals surface area contributed by atoms with Crippen LogP contribution in [0.5, 0.6) is 0 Å². The summed E-state index contributed by atoms with van der Waals surface area (Å²) >= 11 is 0. The van der Waals surface area contributed by atoms with E-state index in [1.54, 1.807) is 6.92 Å². The van der Waals surface area contributed by atoms with Gasteiger partial charge < -0.3 is 18.6 Å². The summed E-state index contributed by atoms with van der Waals surface area (Å²) in [6.45, 7) is 22.6. The molecular formula is C31H52O6Si. The highest BCUT2D eigenvalue weighted by atomic mass is 28.4. The summed E-state index contributed by atoms with van der Waals surface area (Å²) in [5.74, 6) is 0.141. The summed E-state index contributed by atoms with van der Waals surface area (Å²) in [4.78, 5) is 26.6. The molecule has 0 spiro atoms. The number of hydrogen-bond donors (Lipinski definition) is 0. The molecule has 2 fully saturated rings. The third-order valence-electron chi connectivity index (χ3n) is 11.3. The lowest BCUT2D eigenvalue weighted by Crippen LogP contribution is -2.62. The Hall–Kier alpha value is -1.02. The van der Waals surface area contributed by atoms with Crippen molar-refractivity contribution in [3.8, 4) is 0 Å². The molecule has 0 aromatic carbocycles. The highest BCUT2D eigenvalue weighted by Crippen LogP contribution is 2.64. The van der Waals surface area contributed by atoms with Crippen molar-refractivity contribution in [2.24, 2.45) is 40.9 Å². The second kappa shape index (κ2) is 10.4. The van der Waals surface area contributed by atoms with Gasteiger partial charge in [0, 0.05) is 25.0 Å². The Morgan fingerprint density at radius 3 is 2.37 bits per heavy atom. The Balaban J connectivity index is 1.85. The fraction of sp³-hybridized carbons (Fsp3) is 0.871. The molecule has 10 atom stereocenters. The molecule has 0 unspecified atom stereocenters. The van der Waals surface area contributed by atoms with Crippen LogP contribution in [0.15, 0.2) is 11.1 Å². The van der Waals surface area contributed by atoms with Crippen LogP contribution in [0.1, 0.15) is 81.1 Å². The largest absolute Gasteiger partial charge is 0.469 e. The highest BCUT2D eigenvalue weighted by Gasteiger charge is 2.63. The number of ketones is 1. The van der Waals surface area contributed by atoms with E-state index in [-0.39, 0.29) is 70.3 Å². The van der Waals surface area contributed by atoms with Crippen LogP contribution in [-0.2, 0) is 28.2 Å². The average molecular weight is 549 g/mol. The molecule has 7 heteroatoms. The van der Waals surface area contributed by atoms with Gasteiger partial charge >= 0.3 is 5.97 Å². The standard InChI is InChI=1S/C31H52O6Si/c1-12-35-24-16-21-17(2)20(19(4)32)15-22-25(21)28(36-24)26(29(33)34-9)27-18(3)23(13-14-31(22,27)8)37-38(10,11)30(5,6)7/h17-18,20-21,23-24,26-28H,12-16H2,1-11H3/t17-,18+,20-,21+,23-,24-,26+,27+,28-,31+/m0/s1. The molecule has 3 aliphatic carbocycles. The summed E-state index contributed by atoms with van der Waals surface area (Å²) in [5.41, 5.74) is 2.45. The zero-order chi connectivity index (χ0) is 28.4. The third kappa shape index (κ3) is 4.77. The van der Waals surface area contributed by atoms with Gasteiger partial charge in [-0.05, 0) is 85.9 Å². The maximum atomic E-state index is 13.7. The van der Waals surface area contributed by atoms with Gasteiger partial charge in [-0.3, -0.25) is 9.59 Å². The van der Waals surface area contributed by atoms with Crippen LogP contribution in [0.3, 0.4) is 0 Å². The van der Waals surface area contributed by atoms with Gasteiger partial charge in [0.05, 0.1) is 19.1 Å². The molecule has 1 saturated heterocycles. The number of carbonyl (C=O) groups is 2. The predicted molar refractivity (Wildman–Crippen MR) is 151 cm³/mol. The van der Waals surface area contributed by atoms with Crippen LogP contribution in [0.4, 0.5) is 0 Å². The monoisotopic (exact) mass is 548 g/mol. The van der Waals surface area contributed by atoms with Crippen molar-refractivity contribution < 1.29 is 28.2 Å². The summed E-state index contributed by atoms with van der Waals surface area (Å²) in [7, 11) is -0.517. The van der Waals surface area contributed by atoms with Gasteiger partial charge in [-0.15, -0.1) is 0 Å². The number of hydrogen-bond acceptors (Lipinski definition) is 6. The van der Waals surface area contributed by atoms with E-state index in [2.05, 4.69) is 54.6 Å². The summed E-state index contributed by atoms with van der Waals surface area (Å²) in [6.07, 6.45) is 2.72. The first-order chi connectivity index (χ1) is 17.6. The quantitative estimate of drug-likeness (QED) is 0.213. The lowest BCUT2D eigenvalue weighted by Gasteiger charge is -2.62. The second-order valence-corrected chi connectivity index (χ2v) is 19.1. The first-order valence-corrected chi connectivity index (χ1v) is 17.8. The predicted octanol–water partition coefficient (Wildman–Crippen LogP) is 6.54. The van der Waals surface area contributed by atoms with Crippen molar-refractivity contribution in [2.75, 3.05) is 13.7 Å². The summed E-state index contributed by atoms with van der Waals surface area (Å²) in [5, 5.41) is 0.107. The van der Waals surface area contributed by atoms with Crippen LogP contribution < -0.4 is 0 Å². The molecule has 0 aromatic rings. The molecule has 1 saturated carbocycles. The van der Waals surface area contributed by atoms with Crippen LogP contribution in [-0.4, -0.2) is 52.3 Å². The molecule has 216 valence electrons. The normalized spacial score (nSPS) is 41.3. The van der Waals surface area contributed by atoms with E-state index in [1.807, 2.05) is 6.92 Å². The second-order valence-electron chi connectivity index (χ2n) is 14.3. The van der Waals surface area contributed by atoms with E-state index in [4.69, 9.17) is 18.6 Å². The number of Topliss-reactive ketones (excluding diaryl/α,β-unsaturated/α-hetero) is 1. The zero-order valence-corrected chi connectivity index (χ0v) is 26.7. The lowest BCUT2D eigenvalue weighted by molar-refractivity contribution is -0.226. The van der Waals surface area contributed by atoms with E-state index in [1.165, 1.54) is 18.3 Å². The number of esters is 1. The Labute approximate surface area is 231 Å². The maximum Gasteiger partial charge on any atom is 0.311 e. The Bertz CT molecular complexity index is 966. The van der Waals surface area contributed by atoms with Gasteiger partial charge in [-0.25, -0.2) is 0 Å². The molecule has 4 rings (SSSR count). The molecule has 0 radical (unpaired) electrons. The highest BCUT2D eigenvalue weighted by molar-refractivity contribution is 6.74. The summed E-state index contributed by atoms with van der Waals surface area (Å²) in [6, 6.07) is 0. The number of methoxy groups -OCH3 is 1. The Morgan fingerprint density at radius 1 is 1.16 bits per heavy atom. The van der Waals surface area contributed by atoms with Crippen LogP contribution in [0.25, 0.3) is 0 Å². The molecular weight excluding hydrogens is 496 g/mol. The maximum absolute atomic E-state index is 13.7. The first kappa shape index (κ1) is 29.9. The van der Waals surface area contributed by atoms with Crippen molar-refractivity contribution >= 4 is 20.1 Å². The van der Waals surface area contributed by atoms with E-state index < -0.39 is 14.2 Å². The van der Waals surface area contributed by atoms with Gasteiger partial charge in [0.1, 0.15) is 5.78 Å². The molecule has 1 heterocycles. The minimum Gasteiger partial charge on any atom is -0.469 e. The minimum atomic E-state index is -2.01. The van der Waals surface area contributed by atoms with Gasteiger partial charge in [0.15, 0.2) is 14.6 Å². The van der Waals surface area contributed by atoms with Crippen molar-refractivity contribution in [3.05, 3.63) is 11.1 Å². The Morgan fingerprint density at radius 2 is 1.82 bits per heavy atom. The average Bonchev–Trinajstić information content (AvgIpc) is 2.82. The van der Waals surface area contributed by atoms with Crippen LogP contribution in [0.2, 0.25) is 18.1 Å². The molecule has 0 N–H and O–H groups in total. The first-order valence-electron chi connectivity index (χ1n) is 14.9.